The Kier molecular flexibility index (Phi) is 4.15. The van der Waals surface area contributed by atoms with Gasteiger partial charge in [0.2, 0.25) is 0 Å². The second-order valence-corrected chi connectivity index (χ2v) is 6.16. The first kappa shape index (κ1) is 14.0. The Morgan fingerprint density at radius 3 is 2.62 bits per heavy atom. The molecule has 1 N–H and O–H groups in total. The van der Waals surface area contributed by atoms with Gasteiger partial charge in [0.05, 0.1) is 17.6 Å². The van der Waals surface area contributed by atoms with Crippen molar-refractivity contribution >= 4 is 22.8 Å². The van der Waals surface area contributed by atoms with Crippen molar-refractivity contribution in [3.05, 3.63) is 53.6 Å². The Morgan fingerprint density at radius 1 is 1.05 bits per heavy atom. The van der Waals surface area contributed by atoms with E-state index in [-0.39, 0.29) is 0 Å². The Balaban J connectivity index is 1.53. The van der Waals surface area contributed by atoms with Crippen LogP contribution in [0, 0.1) is 13.8 Å². The summed E-state index contributed by atoms with van der Waals surface area (Å²) in [6.45, 7) is 4.83. The van der Waals surface area contributed by atoms with Crippen molar-refractivity contribution in [2.75, 3.05) is 12.4 Å². The van der Waals surface area contributed by atoms with Gasteiger partial charge in [-0.2, -0.15) is 0 Å². The number of fused-ring (bicyclic) bond motifs is 1. The summed E-state index contributed by atoms with van der Waals surface area (Å²) in [7, 11) is 0. The third-order valence-corrected chi connectivity index (χ3v) is 4.07. The molecule has 0 aliphatic rings. The highest BCUT2D eigenvalue weighted by Crippen LogP contribution is 2.20. The van der Waals surface area contributed by atoms with E-state index in [0.29, 0.717) is 6.61 Å². The van der Waals surface area contributed by atoms with E-state index in [1.807, 2.05) is 18.2 Å². The molecule has 0 saturated heterocycles. The van der Waals surface area contributed by atoms with Crippen LogP contribution < -0.4 is 4.74 Å². The van der Waals surface area contributed by atoms with Gasteiger partial charge in [0.1, 0.15) is 5.75 Å². The second kappa shape index (κ2) is 6.22. The topological polar surface area (TPSA) is 37.9 Å². The summed E-state index contributed by atoms with van der Waals surface area (Å²) in [5.41, 5.74) is 4.60. The van der Waals surface area contributed by atoms with Crippen LogP contribution in [-0.4, -0.2) is 22.3 Å². The van der Waals surface area contributed by atoms with Crippen molar-refractivity contribution in [2.45, 2.75) is 19.0 Å². The summed E-state index contributed by atoms with van der Waals surface area (Å²) < 4.78 is 5.71. The molecule has 0 unspecified atom stereocenters. The monoisotopic (exact) mass is 298 g/mol. The molecular weight excluding hydrogens is 280 g/mol. The molecule has 21 heavy (non-hydrogen) atoms. The zero-order valence-electron chi connectivity index (χ0n) is 12.2. The molecule has 0 fully saturated rings. The van der Waals surface area contributed by atoms with Gasteiger partial charge in [-0.05, 0) is 43.7 Å². The molecule has 0 aliphatic carbocycles. The number of nitrogens with zero attached hydrogens (tertiary/aromatic N) is 1. The average Bonchev–Trinajstić information content (AvgIpc) is 2.87. The summed E-state index contributed by atoms with van der Waals surface area (Å²) in [5.74, 6) is 1.79. The van der Waals surface area contributed by atoms with Crippen molar-refractivity contribution in [1.29, 1.82) is 0 Å². The zero-order chi connectivity index (χ0) is 14.7. The quantitative estimate of drug-likeness (QED) is 0.562. The predicted octanol–water partition coefficient (Wildman–Crippen LogP) is 4.35. The molecule has 2 aromatic carbocycles. The van der Waals surface area contributed by atoms with E-state index in [2.05, 4.69) is 48.1 Å². The number of nitrogens with one attached hydrogen (secondary N) is 1. The van der Waals surface area contributed by atoms with Crippen molar-refractivity contribution < 1.29 is 4.74 Å². The molecule has 0 atom stereocenters. The molecule has 0 spiro atoms. The van der Waals surface area contributed by atoms with Gasteiger partial charge in [-0.15, -0.1) is 0 Å². The summed E-state index contributed by atoms with van der Waals surface area (Å²) in [4.78, 5) is 7.90. The molecular formula is C17H18N2OS. The van der Waals surface area contributed by atoms with E-state index in [9.17, 15) is 0 Å². The van der Waals surface area contributed by atoms with Crippen LogP contribution in [0.15, 0.2) is 47.6 Å². The van der Waals surface area contributed by atoms with Crippen molar-refractivity contribution in [1.82, 2.24) is 9.97 Å². The molecule has 0 radical (unpaired) electrons. The zero-order valence-corrected chi connectivity index (χ0v) is 13.0. The average molecular weight is 298 g/mol. The van der Waals surface area contributed by atoms with E-state index in [0.717, 1.165) is 27.7 Å². The largest absolute Gasteiger partial charge is 0.493 e. The molecule has 0 aliphatic heterocycles. The number of imidazole rings is 1. The van der Waals surface area contributed by atoms with E-state index < -0.39 is 0 Å². The van der Waals surface area contributed by atoms with Gasteiger partial charge < -0.3 is 9.72 Å². The van der Waals surface area contributed by atoms with Gasteiger partial charge in [-0.3, -0.25) is 0 Å². The normalized spacial score (nSPS) is 11.0. The summed E-state index contributed by atoms with van der Waals surface area (Å²) in [6, 6.07) is 14.4. The standard InChI is InChI=1S/C17H18N2OS/c1-12-3-6-14(7-4-12)20-9-10-21-17-18-15-8-5-13(2)11-16(15)19-17/h3-8,11H,9-10H2,1-2H3,(H,18,19). The molecule has 0 amide bonds. The molecule has 3 nitrogen and oxygen atoms in total. The van der Waals surface area contributed by atoms with Gasteiger partial charge in [-0.25, -0.2) is 4.98 Å². The highest BCUT2D eigenvalue weighted by molar-refractivity contribution is 7.99. The summed E-state index contributed by atoms with van der Waals surface area (Å²) in [6.07, 6.45) is 0. The molecule has 1 heterocycles. The van der Waals surface area contributed by atoms with E-state index >= 15 is 0 Å². The lowest BCUT2D eigenvalue weighted by Gasteiger charge is -2.05. The molecule has 4 heteroatoms. The Morgan fingerprint density at radius 2 is 1.81 bits per heavy atom. The maximum atomic E-state index is 5.71. The lowest BCUT2D eigenvalue weighted by Crippen LogP contribution is -2.00. The summed E-state index contributed by atoms with van der Waals surface area (Å²) >= 11 is 1.68. The van der Waals surface area contributed by atoms with E-state index in [1.54, 1.807) is 11.8 Å². The third-order valence-electron chi connectivity index (χ3n) is 3.23. The number of hydrogen-bond donors (Lipinski definition) is 1. The fourth-order valence-corrected chi connectivity index (χ4v) is 2.81. The van der Waals surface area contributed by atoms with Gasteiger partial charge >= 0.3 is 0 Å². The first-order valence-electron chi connectivity index (χ1n) is 6.99. The first-order valence-corrected chi connectivity index (χ1v) is 7.98. The minimum atomic E-state index is 0.670. The van der Waals surface area contributed by atoms with E-state index in [4.69, 9.17) is 4.74 Å². The van der Waals surface area contributed by atoms with Gasteiger partial charge in [0.15, 0.2) is 5.16 Å². The number of thioether (sulfide) groups is 1. The van der Waals surface area contributed by atoms with Gasteiger partial charge in [0.25, 0.3) is 0 Å². The third kappa shape index (κ3) is 3.58. The first-order chi connectivity index (χ1) is 10.2. The molecule has 3 rings (SSSR count). The second-order valence-electron chi connectivity index (χ2n) is 5.07. The summed E-state index contributed by atoms with van der Waals surface area (Å²) in [5, 5.41) is 0.947. The van der Waals surface area contributed by atoms with Crippen molar-refractivity contribution in [2.24, 2.45) is 0 Å². The van der Waals surface area contributed by atoms with Gasteiger partial charge in [-0.1, -0.05) is 35.5 Å². The molecule has 1 aromatic heterocycles. The molecule has 0 saturated carbocycles. The molecule has 3 aromatic rings. The van der Waals surface area contributed by atoms with Crippen LogP contribution in [-0.2, 0) is 0 Å². The number of hydrogen-bond acceptors (Lipinski definition) is 3. The van der Waals surface area contributed by atoms with Crippen LogP contribution in [0.3, 0.4) is 0 Å². The number of aromatic amines is 1. The van der Waals surface area contributed by atoms with Crippen LogP contribution in [0.5, 0.6) is 5.75 Å². The highest BCUT2D eigenvalue weighted by atomic mass is 32.2. The minimum Gasteiger partial charge on any atom is -0.493 e. The van der Waals surface area contributed by atoms with Crippen molar-refractivity contribution in [3.63, 3.8) is 0 Å². The van der Waals surface area contributed by atoms with Crippen molar-refractivity contribution in [3.8, 4) is 5.75 Å². The maximum Gasteiger partial charge on any atom is 0.166 e. The van der Waals surface area contributed by atoms with Crippen LogP contribution in [0.1, 0.15) is 11.1 Å². The molecule has 0 bridgehead atoms. The number of benzene rings is 2. The van der Waals surface area contributed by atoms with Crippen LogP contribution in [0.25, 0.3) is 11.0 Å². The lowest BCUT2D eigenvalue weighted by atomic mass is 10.2. The Labute approximate surface area is 128 Å². The number of aryl methyl sites for hydroxylation is 2. The smallest absolute Gasteiger partial charge is 0.166 e. The lowest BCUT2D eigenvalue weighted by molar-refractivity contribution is 0.344. The van der Waals surface area contributed by atoms with Crippen LogP contribution >= 0.6 is 11.8 Å². The van der Waals surface area contributed by atoms with Gasteiger partial charge in [0, 0.05) is 5.75 Å². The van der Waals surface area contributed by atoms with Crippen LogP contribution in [0.2, 0.25) is 0 Å². The maximum absolute atomic E-state index is 5.71. The fraction of sp³-hybridized carbons (Fsp3) is 0.235. The highest BCUT2D eigenvalue weighted by Gasteiger charge is 2.03. The van der Waals surface area contributed by atoms with Crippen LogP contribution in [0.4, 0.5) is 0 Å². The number of aromatic nitrogens is 2. The SMILES string of the molecule is Cc1ccc(OCCSc2nc3ccc(C)cc3[nH]2)cc1. The number of H-pyrrole nitrogens is 1. The Hall–Kier alpha value is -1.94. The number of rotatable bonds is 5. The Bertz CT molecular complexity index is 734. The fourth-order valence-electron chi connectivity index (χ4n) is 2.10. The minimum absolute atomic E-state index is 0.670. The predicted molar refractivity (Wildman–Crippen MR) is 88.2 cm³/mol. The van der Waals surface area contributed by atoms with E-state index in [1.165, 1.54) is 11.1 Å². The number of ether oxygens (including phenoxy) is 1. The molecule has 108 valence electrons.